The molecule has 8 heteroatoms. The minimum absolute atomic E-state index is 0.206. The van der Waals surface area contributed by atoms with E-state index in [1.807, 2.05) is 32.0 Å². The molecule has 1 aliphatic rings. The zero-order valence-corrected chi connectivity index (χ0v) is 13.7. The summed E-state index contributed by atoms with van der Waals surface area (Å²) in [7, 11) is -3.80. The second kappa shape index (κ2) is 6.64. The molecule has 122 valence electrons. The number of hydrazine groups is 1. The average molecular weight is 327 g/mol. The summed E-state index contributed by atoms with van der Waals surface area (Å²) in [5.41, 5.74) is 7.54. The summed E-state index contributed by atoms with van der Waals surface area (Å²) in [5, 5.41) is -1.08. The van der Waals surface area contributed by atoms with Gasteiger partial charge in [-0.15, -0.1) is 0 Å². The fourth-order valence-electron chi connectivity index (χ4n) is 2.41. The van der Waals surface area contributed by atoms with Crippen LogP contribution >= 0.6 is 0 Å². The first-order valence-electron chi connectivity index (χ1n) is 7.09. The van der Waals surface area contributed by atoms with Gasteiger partial charge in [-0.3, -0.25) is 14.9 Å². The number of sulfonamides is 1. The number of benzene rings is 1. The maximum Gasteiger partial charge on any atom is 0.313 e. The zero-order valence-electron chi connectivity index (χ0n) is 12.8. The van der Waals surface area contributed by atoms with E-state index in [0.717, 1.165) is 11.1 Å². The predicted octanol–water partition coefficient (Wildman–Crippen LogP) is 0.658. The van der Waals surface area contributed by atoms with E-state index < -0.39 is 27.3 Å². The SMILES string of the molecule is CCOC(=O)C1CNNC1S(=O)(=O)Nc1c(C)cccc1C. The van der Waals surface area contributed by atoms with Crippen molar-refractivity contribution >= 4 is 21.7 Å². The molecule has 1 saturated heterocycles. The molecule has 22 heavy (non-hydrogen) atoms. The van der Waals surface area contributed by atoms with Crippen molar-refractivity contribution in [2.24, 2.45) is 5.92 Å². The standard InChI is InChI=1S/C14H21N3O4S/c1-4-21-14(18)11-8-15-16-13(11)22(19,20)17-12-9(2)6-5-7-10(12)3/h5-7,11,13,15-17H,4,8H2,1-3H3. The fraction of sp³-hybridized carbons (Fsp3) is 0.500. The molecule has 0 bridgehead atoms. The lowest BCUT2D eigenvalue weighted by Gasteiger charge is -2.20. The van der Waals surface area contributed by atoms with Crippen LogP contribution in [0.2, 0.25) is 0 Å². The van der Waals surface area contributed by atoms with Crippen molar-refractivity contribution in [3.05, 3.63) is 29.3 Å². The van der Waals surface area contributed by atoms with Crippen LogP contribution in [-0.4, -0.2) is 32.9 Å². The van der Waals surface area contributed by atoms with Gasteiger partial charge in [-0.05, 0) is 31.9 Å². The molecule has 0 aromatic heterocycles. The molecule has 1 heterocycles. The lowest BCUT2D eigenvalue weighted by atomic mass is 10.1. The molecular weight excluding hydrogens is 306 g/mol. The number of anilines is 1. The molecule has 0 aliphatic carbocycles. The second-order valence-electron chi connectivity index (χ2n) is 5.22. The van der Waals surface area contributed by atoms with Crippen LogP contribution in [0.25, 0.3) is 0 Å². The summed E-state index contributed by atoms with van der Waals surface area (Å²) in [6.07, 6.45) is 0. The van der Waals surface area contributed by atoms with Crippen molar-refractivity contribution in [2.45, 2.75) is 26.1 Å². The first-order chi connectivity index (χ1) is 10.4. The maximum atomic E-state index is 12.6. The quantitative estimate of drug-likeness (QED) is 0.688. The molecule has 2 atom stereocenters. The Morgan fingerprint density at radius 2 is 2.00 bits per heavy atom. The first-order valence-corrected chi connectivity index (χ1v) is 8.64. The number of rotatable bonds is 5. The lowest BCUT2D eigenvalue weighted by molar-refractivity contribution is -0.147. The van der Waals surface area contributed by atoms with Crippen molar-refractivity contribution in [1.82, 2.24) is 10.9 Å². The highest BCUT2D eigenvalue weighted by Crippen LogP contribution is 2.24. The molecule has 1 fully saturated rings. The average Bonchev–Trinajstić information content (AvgIpc) is 2.94. The summed E-state index contributed by atoms with van der Waals surface area (Å²) >= 11 is 0. The Balaban J connectivity index is 2.24. The Bertz CT molecular complexity index is 640. The first kappa shape index (κ1) is 16.7. The Labute approximate surface area is 130 Å². The molecular formula is C14H21N3O4S. The molecule has 2 rings (SSSR count). The van der Waals surface area contributed by atoms with Gasteiger partial charge in [-0.2, -0.15) is 0 Å². The number of carbonyl (C=O) groups excluding carboxylic acids is 1. The van der Waals surface area contributed by atoms with Gasteiger partial charge in [0.1, 0.15) is 5.92 Å². The molecule has 1 aromatic carbocycles. The van der Waals surface area contributed by atoms with Crippen LogP contribution < -0.4 is 15.6 Å². The Hall–Kier alpha value is -1.64. The van der Waals surface area contributed by atoms with Gasteiger partial charge in [0.25, 0.3) is 10.0 Å². The molecule has 2 unspecified atom stereocenters. The number of aryl methyl sites for hydroxylation is 2. The number of hydrogen-bond acceptors (Lipinski definition) is 6. The second-order valence-corrected chi connectivity index (χ2v) is 7.02. The third kappa shape index (κ3) is 3.40. The third-order valence-electron chi connectivity index (χ3n) is 3.58. The van der Waals surface area contributed by atoms with E-state index in [-0.39, 0.29) is 13.2 Å². The smallest absolute Gasteiger partial charge is 0.313 e. The molecule has 1 aromatic rings. The van der Waals surface area contributed by atoms with Gasteiger partial charge in [0, 0.05) is 6.54 Å². The summed E-state index contributed by atoms with van der Waals surface area (Å²) in [4.78, 5) is 11.9. The summed E-state index contributed by atoms with van der Waals surface area (Å²) in [6.45, 7) is 5.76. The zero-order chi connectivity index (χ0) is 16.3. The van der Waals surface area contributed by atoms with Crippen LogP contribution in [0.5, 0.6) is 0 Å². The summed E-state index contributed by atoms with van der Waals surface area (Å²) < 4.78 is 32.7. The van der Waals surface area contributed by atoms with Gasteiger partial charge < -0.3 is 4.74 Å². The summed E-state index contributed by atoms with van der Waals surface area (Å²) in [6, 6.07) is 5.52. The van der Waals surface area contributed by atoms with E-state index in [4.69, 9.17) is 4.74 Å². The fourth-order valence-corrected chi connectivity index (χ4v) is 4.02. The topological polar surface area (TPSA) is 96.5 Å². The molecule has 0 radical (unpaired) electrons. The van der Waals surface area contributed by atoms with E-state index in [9.17, 15) is 13.2 Å². The molecule has 7 nitrogen and oxygen atoms in total. The van der Waals surface area contributed by atoms with Crippen LogP contribution in [0.3, 0.4) is 0 Å². The molecule has 0 amide bonds. The van der Waals surface area contributed by atoms with E-state index in [0.29, 0.717) is 5.69 Å². The van der Waals surface area contributed by atoms with Crippen molar-refractivity contribution in [2.75, 3.05) is 17.9 Å². The number of ether oxygens (including phenoxy) is 1. The Kier molecular flexibility index (Phi) is 5.05. The number of nitrogens with one attached hydrogen (secondary N) is 3. The van der Waals surface area contributed by atoms with E-state index in [1.165, 1.54) is 0 Å². The highest BCUT2D eigenvalue weighted by molar-refractivity contribution is 7.93. The van der Waals surface area contributed by atoms with Crippen LogP contribution in [0, 0.1) is 19.8 Å². The molecule has 0 saturated carbocycles. The number of carbonyl (C=O) groups is 1. The summed E-state index contributed by atoms with van der Waals surface area (Å²) in [5.74, 6) is -1.32. The van der Waals surface area contributed by atoms with Crippen LogP contribution in [0.1, 0.15) is 18.1 Å². The van der Waals surface area contributed by atoms with Gasteiger partial charge in [0.05, 0.1) is 12.3 Å². The lowest BCUT2D eigenvalue weighted by Crippen LogP contribution is -2.44. The van der Waals surface area contributed by atoms with E-state index in [1.54, 1.807) is 6.92 Å². The maximum absolute atomic E-state index is 12.6. The monoisotopic (exact) mass is 327 g/mol. The Morgan fingerprint density at radius 3 is 2.59 bits per heavy atom. The minimum Gasteiger partial charge on any atom is -0.466 e. The largest absolute Gasteiger partial charge is 0.466 e. The van der Waals surface area contributed by atoms with Crippen molar-refractivity contribution in [3.63, 3.8) is 0 Å². The van der Waals surface area contributed by atoms with Gasteiger partial charge in [0.15, 0.2) is 5.37 Å². The molecule has 0 spiro atoms. The van der Waals surface area contributed by atoms with Gasteiger partial charge >= 0.3 is 5.97 Å². The predicted molar refractivity (Wildman–Crippen MR) is 83.5 cm³/mol. The normalized spacial score (nSPS) is 21.6. The number of para-hydroxylation sites is 1. The van der Waals surface area contributed by atoms with Crippen molar-refractivity contribution in [1.29, 1.82) is 0 Å². The van der Waals surface area contributed by atoms with Crippen molar-refractivity contribution < 1.29 is 17.9 Å². The third-order valence-corrected chi connectivity index (χ3v) is 5.18. The molecule has 1 aliphatic heterocycles. The van der Waals surface area contributed by atoms with Crippen molar-refractivity contribution in [3.8, 4) is 0 Å². The number of esters is 1. The van der Waals surface area contributed by atoms with Gasteiger partial charge in [-0.25, -0.2) is 13.8 Å². The van der Waals surface area contributed by atoms with Crippen LogP contribution in [0.15, 0.2) is 18.2 Å². The highest BCUT2D eigenvalue weighted by atomic mass is 32.2. The number of hydrogen-bond donors (Lipinski definition) is 3. The van der Waals surface area contributed by atoms with Crippen LogP contribution in [-0.2, 0) is 19.6 Å². The Morgan fingerprint density at radius 1 is 1.36 bits per heavy atom. The molecule has 3 N–H and O–H groups in total. The minimum atomic E-state index is -3.80. The van der Waals surface area contributed by atoms with Crippen LogP contribution in [0.4, 0.5) is 5.69 Å². The van der Waals surface area contributed by atoms with E-state index >= 15 is 0 Å². The van der Waals surface area contributed by atoms with Gasteiger partial charge in [0.2, 0.25) is 0 Å². The van der Waals surface area contributed by atoms with E-state index in [2.05, 4.69) is 15.6 Å². The van der Waals surface area contributed by atoms with Gasteiger partial charge in [-0.1, -0.05) is 18.2 Å². The highest BCUT2D eigenvalue weighted by Gasteiger charge is 2.43.